The van der Waals surface area contributed by atoms with Crippen molar-refractivity contribution in [2.24, 2.45) is 0 Å². The van der Waals surface area contributed by atoms with Crippen LogP contribution in [0.2, 0.25) is 0 Å². The Morgan fingerprint density at radius 1 is 1.44 bits per heavy atom. The van der Waals surface area contributed by atoms with Gasteiger partial charge >= 0.3 is 6.09 Å². The van der Waals surface area contributed by atoms with Gasteiger partial charge in [-0.1, -0.05) is 0 Å². The number of amides is 1. The second-order valence-electron chi connectivity index (χ2n) is 4.97. The number of oxazole rings is 1. The maximum atomic E-state index is 11.3. The Hall–Kier alpha value is -1.56. The van der Waals surface area contributed by atoms with Crippen LogP contribution in [0.1, 0.15) is 32.4 Å². The van der Waals surface area contributed by atoms with Crippen LogP contribution in [0, 0.1) is 6.92 Å². The van der Waals surface area contributed by atoms with E-state index >= 15 is 0 Å². The van der Waals surface area contributed by atoms with Gasteiger partial charge in [-0.05, 0) is 27.7 Å². The summed E-state index contributed by atoms with van der Waals surface area (Å²) >= 11 is 0. The first-order valence-electron chi connectivity index (χ1n) is 5.96. The molecule has 0 aromatic carbocycles. The molecule has 0 aliphatic rings. The number of carbonyl (C=O) groups is 1. The first-order chi connectivity index (χ1) is 8.37. The zero-order valence-corrected chi connectivity index (χ0v) is 11.4. The fourth-order valence-corrected chi connectivity index (χ4v) is 1.25. The minimum Gasteiger partial charge on any atom is -0.445 e. The van der Waals surface area contributed by atoms with E-state index < -0.39 is 11.7 Å². The van der Waals surface area contributed by atoms with E-state index in [0.717, 1.165) is 5.76 Å². The molecule has 0 bridgehead atoms. The summed E-state index contributed by atoms with van der Waals surface area (Å²) in [6.07, 6.45) is 1.27. The van der Waals surface area contributed by atoms with Gasteiger partial charge in [-0.15, -0.1) is 0 Å². The second kappa shape index (κ2) is 6.39. The molecule has 0 aliphatic heterocycles. The van der Waals surface area contributed by atoms with Crippen LogP contribution in [-0.2, 0) is 11.3 Å². The molecule has 0 atom stereocenters. The zero-order valence-electron chi connectivity index (χ0n) is 11.4. The van der Waals surface area contributed by atoms with E-state index in [0.29, 0.717) is 25.5 Å². The third-order valence-corrected chi connectivity index (χ3v) is 1.92. The van der Waals surface area contributed by atoms with Crippen LogP contribution in [0.3, 0.4) is 0 Å². The van der Waals surface area contributed by atoms with Crippen LogP contribution in [0.15, 0.2) is 10.6 Å². The number of hydrogen-bond acceptors (Lipinski definition) is 5. The van der Waals surface area contributed by atoms with Crippen molar-refractivity contribution in [3.63, 3.8) is 0 Å². The van der Waals surface area contributed by atoms with E-state index in [9.17, 15) is 4.79 Å². The van der Waals surface area contributed by atoms with Crippen LogP contribution in [0.25, 0.3) is 0 Å². The number of nitrogens with one attached hydrogen (secondary N) is 2. The van der Waals surface area contributed by atoms with Crippen molar-refractivity contribution in [1.82, 2.24) is 15.6 Å². The molecule has 6 heteroatoms. The predicted octanol–water partition coefficient (Wildman–Crippen LogP) is 1.60. The first-order valence-corrected chi connectivity index (χ1v) is 5.96. The van der Waals surface area contributed by atoms with Gasteiger partial charge in [0.1, 0.15) is 11.4 Å². The van der Waals surface area contributed by atoms with Crippen molar-refractivity contribution in [2.75, 3.05) is 13.1 Å². The van der Waals surface area contributed by atoms with E-state index in [4.69, 9.17) is 9.15 Å². The molecule has 0 radical (unpaired) electrons. The molecule has 1 aromatic rings. The summed E-state index contributed by atoms with van der Waals surface area (Å²) in [5, 5.41) is 5.76. The Bertz CT molecular complexity index is 382. The summed E-state index contributed by atoms with van der Waals surface area (Å²) in [5.74, 6) is 1.43. The number of aromatic nitrogens is 1. The lowest BCUT2D eigenvalue weighted by atomic mass is 10.2. The van der Waals surface area contributed by atoms with Crippen molar-refractivity contribution in [1.29, 1.82) is 0 Å². The standard InChI is InChI=1S/C12H21N3O3/c1-9-7-15-10(17-9)8-13-5-6-14-11(16)18-12(2,3)4/h7,13H,5-6,8H2,1-4H3,(H,14,16). The molecule has 0 unspecified atom stereocenters. The van der Waals surface area contributed by atoms with Gasteiger partial charge in [0.2, 0.25) is 5.89 Å². The average Bonchev–Trinajstić information content (AvgIpc) is 2.61. The normalized spacial score (nSPS) is 11.3. The Kier molecular flexibility index (Phi) is 5.15. The van der Waals surface area contributed by atoms with Gasteiger partial charge < -0.3 is 19.8 Å². The number of alkyl carbamates (subject to hydrolysis) is 1. The van der Waals surface area contributed by atoms with Gasteiger partial charge in [0, 0.05) is 13.1 Å². The van der Waals surface area contributed by atoms with Crippen LogP contribution in [0.4, 0.5) is 4.79 Å². The quantitative estimate of drug-likeness (QED) is 0.781. The topological polar surface area (TPSA) is 76.4 Å². The molecule has 2 N–H and O–H groups in total. The lowest BCUT2D eigenvalue weighted by Gasteiger charge is -2.19. The van der Waals surface area contributed by atoms with Crippen molar-refractivity contribution in [3.8, 4) is 0 Å². The molecule has 18 heavy (non-hydrogen) atoms. The minimum absolute atomic E-state index is 0.406. The summed E-state index contributed by atoms with van der Waals surface area (Å²) in [7, 11) is 0. The van der Waals surface area contributed by atoms with Crippen LogP contribution in [-0.4, -0.2) is 29.8 Å². The summed E-state index contributed by atoms with van der Waals surface area (Å²) in [4.78, 5) is 15.4. The van der Waals surface area contributed by atoms with Crippen LogP contribution >= 0.6 is 0 Å². The molecule has 0 spiro atoms. The molecule has 0 saturated carbocycles. The second-order valence-corrected chi connectivity index (χ2v) is 4.97. The summed E-state index contributed by atoms with van der Waals surface area (Å²) in [6.45, 7) is 9.00. The maximum Gasteiger partial charge on any atom is 0.407 e. The first kappa shape index (κ1) is 14.5. The highest BCUT2D eigenvalue weighted by atomic mass is 16.6. The van der Waals surface area contributed by atoms with E-state index in [1.807, 2.05) is 27.7 Å². The number of nitrogens with zero attached hydrogens (tertiary/aromatic N) is 1. The van der Waals surface area contributed by atoms with Crippen molar-refractivity contribution < 1.29 is 13.9 Å². The fraction of sp³-hybridized carbons (Fsp3) is 0.667. The molecule has 1 amide bonds. The molecule has 1 aromatic heterocycles. The van der Waals surface area contributed by atoms with Gasteiger partial charge in [-0.2, -0.15) is 0 Å². The van der Waals surface area contributed by atoms with Crippen molar-refractivity contribution >= 4 is 6.09 Å². The number of rotatable bonds is 5. The average molecular weight is 255 g/mol. The molecular weight excluding hydrogens is 234 g/mol. The van der Waals surface area contributed by atoms with Gasteiger partial charge in [0.05, 0.1) is 12.7 Å². The number of aryl methyl sites for hydroxylation is 1. The molecular formula is C12H21N3O3. The predicted molar refractivity (Wildman–Crippen MR) is 67.2 cm³/mol. The number of carbonyl (C=O) groups excluding carboxylic acids is 1. The van der Waals surface area contributed by atoms with Gasteiger partial charge in [0.25, 0.3) is 0 Å². The van der Waals surface area contributed by atoms with Gasteiger partial charge in [0.15, 0.2) is 0 Å². The highest BCUT2D eigenvalue weighted by Crippen LogP contribution is 2.06. The Morgan fingerprint density at radius 3 is 2.72 bits per heavy atom. The monoisotopic (exact) mass is 255 g/mol. The SMILES string of the molecule is Cc1cnc(CNCCNC(=O)OC(C)(C)C)o1. The third kappa shape index (κ3) is 6.24. The fourth-order valence-electron chi connectivity index (χ4n) is 1.25. The Labute approximate surface area is 107 Å². The lowest BCUT2D eigenvalue weighted by molar-refractivity contribution is 0.0528. The van der Waals surface area contributed by atoms with E-state index in [1.165, 1.54) is 0 Å². The van der Waals surface area contributed by atoms with Crippen LogP contribution in [0.5, 0.6) is 0 Å². The van der Waals surface area contributed by atoms with Gasteiger partial charge in [-0.25, -0.2) is 9.78 Å². The van der Waals surface area contributed by atoms with Crippen molar-refractivity contribution in [2.45, 2.75) is 39.8 Å². The number of ether oxygens (including phenoxy) is 1. The summed E-state index contributed by atoms with van der Waals surface area (Å²) < 4.78 is 10.4. The Morgan fingerprint density at radius 2 is 2.17 bits per heavy atom. The smallest absolute Gasteiger partial charge is 0.407 e. The summed E-state index contributed by atoms with van der Waals surface area (Å²) in [5.41, 5.74) is -0.465. The molecule has 1 rings (SSSR count). The van der Waals surface area contributed by atoms with Crippen molar-refractivity contribution in [3.05, 3.63) is 17.8 Å². The van der Waals surface area contributed by atoms with Crippen LogP contribution < -0.4 is 10.6 Å². The molecule has 1 heterocycles. The molecule has 0 aliphatic carbocycles. The van der Waals surface area contributed by atoms with Gasteiger partial charge in [-0.3, -0.25) is 0 Å². The number of hydrogen-bond donors (Lipinski definition) is 2. The minimum atomic E-state index is -0.465. The molecule has 102 valence electrons. The Balaban J connectivity index is 2.07. The van der Waals surface area contributed by atoms with E-state index in [-0.39, 0.29) is 0 Å². The zero-order chi connectivity index (χ0) is 13.6. The third-order valence-electron chi connectivity index (χ3n) is 1.92. The lowest BCUT2D eigenvalue weighted by Crippen LogP contribution is -2.36. The molecule has 0 fully saturated rings. The summed E-state index contributed by atoms with van der Waals surface area (Å²) in [6, 6.07) is 0. The molecule has 0 saturated heterocycles. The van der Waals surface area contributed by atoms with E-state index in [1.54, 1.807) is 6.20 Å². The highest BCUT2D eigenvalue weighted by Gasteiger charge is 2.15. The van der Waals surface area contributed by atoms with E-state index in [2.05, 4.69) is 15.6 Å². The highest BCUT2D eigenvalue weighted by molar-refractivity contribution is 5.67. The largest absolute Gasteiger partial charge is 0.445 e. The maximum absolute atomic E-state index is 11.3. The molecule has 6 nitrogen and oxygen atoms in total.